The maximum atomic E-state index is 13.2. The van der Waals surface area contributed by atoms with E-state index in [0.717, 1.165) is 22.5 Å². The highest BCUT2D eigenvalue weighted by molar-refractivity contribution is 5.76. The van der Waals surface area contributed by atoms with Crippen LogP contribution in [0.4, 0.5) is 4.39 Å². The van der Waals surface area contributed by atoms with Gasteiger partial charge in [0.2, 0.25) is 17.7 Å². The van der Waals surface area contributed by atoms with Gasteiger partial charge in [-0.2, -0.15) is 0 Å². The molecule has 0 aliphatic heterocycles. The number of likely N-dealkylation sites (N-methyl/N-ethyl adjacent to an activating group) is 1. The van der Waals surface area contributed by atoms with Crippen LogP contribution in [-0.2, 0) is 17.9 Å². The van der Waals surface area contributed by atoms with Gasteiger partial charge in [-0.3, -0.25) is 4.79 Å². The molecular formula is C24H23FN4O2. The third-order valence-corrected chi connectivity index (χ3v) is 5.30. The van der Waals surface area contributed by atoms with Gasteiger partial charge in [-0.15, -0.1) is 10.2 Å². The Morgan fingerprint density at radius 1 is 1.03 bits per heavy atom. The Bertz CT molecular complexity index is 1200. The number of amides is 1. The van der Waals surface area contributed by atoms with Crippen molar-refractivity contribution in [1.29, 1.82) is 0 Å². The highest BCUT2D eigenvalue weighted by atomic mass is 19.1. The van der Waals surface area contributed by atoms with Crippen molar-refractivity contribution in [2.24, 2.45) is 0 Å². The van der Waals surface area contributed by atoms with E-state index in [2.05, 4.69) is 10.2 Å². The van der Waals surface area contributed by atoms with E-state index in [-0.39, 0.29) is 18.3 Å². The molecule has 2 aromatic carbocycles. The minimum absolute atomic E-state index is 0.00901. The molecule has 7 heteroatoms. The summed E-state index contributed by atoms with van der Waals surface area (Å²) < 4.78 is 20.9. The molecule has 0 bridgehead atoms. The fraction of sp³-hybridized carbons (Fsp3) is 0.208. The lowest BCUT2D eigenvalue weighted by molar-refractivity contribution is -0.131. The number of hydrogen-bond donors (Lipinski definition) is 0. The highest BCUT2D eigenvalue weighted by Gasteiger charge is 2.19. The number of aryl methyl sites for hydroxylation is 1. The molecule has 0 unspecified atom stereocenters. The van der Waals surface area contributed by atoms with E-state index in [0.29, 0.717) is 23.9 Å². The first-order valence-corrected chi connectivity index (χ1v) is 9.97. The number of halogens is 1. The van der Waals surface area contributed by atoms with Crippen molar-refractivity contribution >= 4 is 5.91 Å². The molecule has 0 radical (unpaired) electrons. The number of carbonyl (C=O) groups excluding carboxylic acids is 1. The Hall–Kier alpha value is -3.74. The van der Waals surface area contributed by atoms with E-state index < -0.39 is 0 Å². The zero-order chi connectivity index (χ0) is 22.0. The molecule has 0 aliphatic rings. The van der Waals surface area contributed by atoms with Crippen molar-refractivity contribution in [2.45, 2.75) is 26.9 Å². The lowest BCUT2D eigenvalue weighted by Gasteiger charge is -2.19. The van der Waals surface area contributed by atoms with E-state index >= 15 is 0 Å². The lowest BCUT2D eigenvalue weighted by Crippen LogP contribution is -2.30. The number of nitrogens with zero attached hydrogens (tertiary/aromatic N) is 4. The minimum atomic E-state index is -0.325. The van der Waals surface area contributed by atoms with Crippen LogP contribution in [0.1, 0.15) is 17.0 Å². The lowest BCUT2D eigenvalue weighted by atomic mass is 10.2. The topological polar surface area (TPSA) is 64.2 Å². The van der Waals surface area contributed by atoms with E-state index in [9.17, 15) is 9.18 Å². The third kappa shape index (κ3) is 4.40. The van der Waals surface area contributed by atoms with Crippen LogP contribution in [0.15, 0.2) is 65.1 Å². The van der Waals surface area contributed by atoms with Crippen molar-refractivity contribution in [2.75, 3.05) is 7.05 Å². The summed E-state index contributed by atoms with van der Waals surface area (Å²) in [5.41, 5.74) is 4.30. The molecule has 4 rings (SSSR count). The standard InChI is InChI=1S/C24H23FN4O2/c1-16-13-21(24-27-26-23(31-24)19-9-11-20(25)12-10-19)17(2)29(16)15-22(30)28(3)14-18-7-5-4-6-8-18/h4-13H,14-15H2,1-3H3. The highest BCUT2D eigenvalue weighted by Crippen LogP contribution is 2.29. The summed E-state index contributed by atoms with van der Waals surface area (Å²) in [5.74, 6) is 0.367. The van der Waals surface area contributed by atoms with Crippen LogP contribution >= 0.6 is 0 Å². The normalized spacial score (nSPS) is 11.0. The van der Waals surface area contributed by atoms with Gasteiger partial charge in [-0.1, -0.05) is 30.3 Å². The molecule has 0 saturated carbocycles. The van der Waals surface area contributed by atoms with Crippen LogP contribution in [0, 0.1) is 19.7 Å². The van der Waals surface area contributed by atoms with Gasteiger partial charge in [0.15, 0.2) is 0 Å². The predicted octanol–water partition coefficient (Wildman–Crippen LogP) is 4.62. The summed E-state index contributed by atoms with van der Waals surface area (Å²) >= 11 is 0. The summed E-state index contributed by atoms with van der Waals surface area (Å²) in [6.07, 6.45) is 0. The van der Waals surface area contributed by atoms with E-state index in [1.807, 2.05) is 54.8 Å². The van der Waals surface area contributed by atoms with Crippen LogP contribution in [0.3, 0.4) is 0 Å². The smallest absolute Gasteiger partial charge is 0.249 e. The number of aromatic nitrogens is 3. The minimum Gasteiger partial charge on any atom is -0.416 e. The van der Waals surface area contributed by atoms with Gasteiger partial charge in [-0.25, -0.2) is 4.39 Å². The first kappa shape index (κ1) is 20.5. The largest absolute Gasteiger partial charge is 0.416 e. The predicted molar refractivity (Wildman–Crippen MR) is 116 cm³/mol. The summed E-state index contributed by atoms with van der Waals surface area (Å²) in [7, 11) is 1.80. The molecule has 0 fully saturated rings. The molecule has 2 aromatic heterocycles. The summed E-state index contributed by atoms with van der Waals surface area (Å²) in [4.78, 5) is 14.5. The van der Waals surface area contributed by atoms with Gasteiger partial charge in [-0.05, 0) is 49.7 Å². The average Bonchev–Trinajstić information content (AvgIpc) is 3.35. The van der Waals surface area contributed by atoms with Crippen molar-refractivity contribution in [3.8, 4) is 22.9 Å². The quantitative estimate of drug-likeness (QED) is 0.458. The Morgan fingerprint density at radius 3 is 2.42 bits per heavy atom. The molecular weight excluding hydrogens is 395 g/mol. The fourth-order valence-corrected chi connectivity index (χ4v) is 3.50. The Kier molecular flexibility index (Phi) is 5.66. The first-order chi connectivity index (χ1) is 14.9. The second kappa shape index (κ2) is 8.55. The summed E-state index contributed by atoms with van der Waals surface area (Å²) in [6, 6.07) is 17.7. The molecule has 0 N–H and O–H groups in total. The molecule has 6 nitrogen and oxygen atoms in total. The molecule has 2 heterocycles. The van der Waals surface area contributed by atoms with Gasteiger partial charge < -0.3 is 13.9 Å². The SMILES string of the molecule is Cc1cc(-c2nnc(-c3ccc(F)cc3)o2)c(C)n1CC(=O)N(C)Cc1ccccc1. The molecule has 0 saturated heterocycles. The Balaban J connectivity index is 1.52. The molecule has 31 heavy (non-hydrogen) atoms. The van der Waals surface area contributed by atoms with Crippen LogP contribution in [0.2, 0.25) is 0 Å². The molecule has 0 spiro atoms. The second-order valence-corrected chi connectivity index (χ2v) is 7.53. The van der Waals surface area contributed by atoms with Gasteiger partial charge >= 0.3 is 0 Å². The monoisotopic (exact) mass is 418 g/mol. The van der Waals surface area contributed by atoms with Crippen LogP contribution in [0.5, 0.6) is 0 Å². The molecule has 0 atom stereocenters. The first-order valence-electron chi connectivity index (χ1n) is 9.97. The molecule has 158 valence electrons. The summed E-state index contributed by atoms with van der Waals surface area (Å²) in [6.45, 7) is 4.64. The maximum Gasteiger partial charge on any atom is 0.249 e. The zero-order valence-electron chi connectivity index (χ0n) is 17.7. The van der Waals surface area contributed by atoms with Crippen LogP contribution in [0.25, 0.3) is 22.9 Å². The zero-order valence-corrected chi connectivity index (χ0v) is 17.7. The van der Waals surface area contributed by atoms with E-state index in [1.165, 1.54) is 12.1 Å². The second-order valence-electron chi connectivity index (χ2n) is 7.53. The number of hydrogen-bond acceptors (Lipinski definition) is 4. The molecule has 0 aliphatic carbocycles. The van der Waals surface area contributed by atoms with Gasteiger partial charge in [0.05, 0.1) is 5.56 Å². The van der Waals surface area contributed by atoms with Crippen molar-refractivity contribution in [3.05, 3.63) is 83.4 Å². The Labute approximate surface area is 180 Å². The van der Waals surface area contributed by atoms with Gasteiger partial charge in [0.25, 0.3) is 0 Å². The van der Waals surface area contributed by atoms with Gasteiger partial charge in [0.1, 0.15) is 12.4 Å². The number of carbonyl (C=O) groups is 1. The Morgan fingerprint density at radius 2 is 1.71 bits per heavy atom. The van der Waals surface area contributed by atoms with Crippen molar-refractivity contribution in [3.63, 3.8) is 0 Å². The number of benzene rings is 2. The van der Waals surface area contributed by atoms with E-state index in [4.69, 9.17) is 4.42 Å². The molecule has 1 amide bonds. The fourth-order valence-electron chi connectivity index (χ4n) is 3.50. The number of rotatable bonds is 6. The van der Waals surface area contributed by atoms with Crippen LogP contribution < -0.4 is 0 Å². The summed E-state index contributed by atoms with van der Waals surface area (Å²) in [5, 5.41) is 8.24. The van der Waals surface area contributed by atoms with Gasteiger partial charge in [0, 0.05) is 30.5 Å². The maximum absolute atomic E-state index is 13.2. The van der Waals surface area contributed by atoms with E-state index in [1.54, 1.807) is 24.1 Å². The van der Waals surface area contributed by atoms with Crippen molar-refractivity contribution < 1.29 is 13.6 Å². The molecule has 4 aromatic rings. The van der Waals surface area contributed by atoms with Crippen LogP contribution in [-0.4, -0.2) is 32.6 Å². The average molecular weight is 418 g/mol. The third-order valence-electron chi connectivity index (χ3n) is 5.30. The van der Waals surface area contributed by atoms with Crippen molar-refractivity contribution in [1.82, 2.24) is 19.7 Å².